The number of benzene rings is 2. The molecule has 0 unspecified atom stereocenters. The zero-order chi connectivity index (χ0) is 18.8. The molecule has 0 aliphatic heterocycles. The Balaban J connectivity index is 2.21. The van der Waals surface area contributed by atoms with Crippen molar-refractivity contribution in [2.24, 2.45) is 0 Å². The highest BCUT2D eigenvalue weighted by Crippen LogP contribution is 2.24. The van der Waals surface area contributed by atoms with Crippen LogP contribution in [0.3, 0.4) is 0 Å². The van der Waals surface area contributed by atoms with E-state index in [0.717, 1.165) is 16.8 Å². The molecule has 0 fully saturated rings. The van der Waals surface area contributed by atoms with E-state index in [-0.39, 0.29) is 5.56 Å². The first-order valence-corrected chi connectivity index (χ1v) is 8.26. The van der Waals surface area contributed by atoms with Crippen LogP contribution in [0.5, 0.6) is 11.5 Å². The Morgan fingerprint density at radius 1 is 1.04 bits per heavy atom. The standard InChI is InChI=1S/C21H22N2O3/c1-13-6-7-17(10-14(13)2)23-21(24)19(15(3)22-23)12-16-11-18(25-4)8-9-20(16)26-5/h6-12,22H,3H2,1-2,4-5H3/b19-12+. The number of hydrogen-bond donors (Lipinski definition) is 1. The number of aromatic amines is 1. The van der Waals surface area contributed by atoms with Crippen molar-refractivity contribution < 1.29 is 9.47 Å². The van der Waals surface area contributed by atoms with Crippen molar-refractivity contribution in [3.63, 3.8) is 0 Å². The Bertz CT molecular complexity index is 1120. The Kier molecular flexibility index (Phi) is 4.71. The van der Waals surface area contributed by atoms with E-state index in [0.29, 0.717) is 22.1 Å². The van der Waals surface area contributed by atoms with Gasteiger partial charge in [0.2, 0.25) is 0 Å². The second-order valence-corrected chi connectivity index (χ2v) is 6.17. The number of H-pyrrole nitrogens is 1. The van der Waals surface area contributed by atoms with E-state index in [1.807, 2.05) is 50.2 Å². The molecule has 1 N–H and O–H groups in total. The number of rotatable bonds is 4. The van der Waals surface area contributed by atoms with Gasteiger partial charge in [-0.25, -0.2) is 4.68 Å². The number of nitrogens with zero attached hydrogens (tertiary/aromatic N) is 1. The van der Waals surface area contributed by atoms with Gasteiger partial charge in [-0.05, 0) is 61.4 Å². The zero-order valence-electron chi connectivity index (χ0n) is 15.4. The number of hydrogen-bond acceptors (Lipinski definition) is 3. The van der Waals surface area contributed by atoms with Crippen molar-refractivity contribution in [2.75, 3.05) is 14.2 Å². The fourth-order valence-corrected chi connectivity index (χ4v) is 2.80. The molecule has 0 amide bonds. The van der Waals surface area contributed by atoms with Crippen LogP contribution in [0.15, 0.2) is 41.2 Å². The number of nitrogens with one attached hydrogen (secondary N) is 1. The van der Waals surface area contributed by atoms with Gasteiger partial charge in [-0.3, -0.25) is 9.89 Å². The lowest BCUT2D eigenvalue weighted by molar-refractivity contribution is 0.402. The minimum Gasteiger partial charge on any atom is -0.497 e. The smallest absolute Gasteiger partial charge is 0.279 e. The predicted molar refractivity (Wildman–Crippen MR) is 104 cm³/mol. The van der Waals surface area contributed by atoms with Crippen LogP contribution >= 0.6 is 0 Å². The van der Waals surface area contributed by atoms with Gasteiger partial charge in [0, 0.05) is 5.56 Å². The summed E-state index contributed by atoms with van der Waals surface area (Å²) in [7, 11) is 3.19. The van der Waals surface area contributed by atoms with Crippen molar-refractivity contribution in [1.82, 2.24) is 9.78 Å². The van der Waals surface area contributed by atoms with E-state index in [9.17, 15) is 4.79 Å². The van der Waals surface area contributed by atoms with Crippen LogP contribution in [0.1, 0.15) is 16.7 Å². The van der Waals surface area contributed by atoms with Crippen LogP contribution in [0.4, 0.5) is 0 Å². The van der Waals surface area contributed by atoms with Gasteiger partial charge in [-0.1, -0.05) is 12.6 Å². The van der Waals surface area contributed by atoms with Crippen LogP contribution in [0, 0.1) is 13.8 Å². The maximum atomic E-state index is 12.9. The number of aromatic nitrogens is 2. The van der Waals surface area contributed by atoms with Gasteiger partial charge in [0.25, 0.3) is 5.56 Å². The maximum absolute atomic E-state index is 12.9. The molecule has 2 aromatic carbocycles. The summed E-state index contributed by atoms with van der Waals surface area (Å²) in [5, 5.41) is 4.07. The molecule has 0 saturated carbocycles. The molecule has 134 valence electrons. The summed E-state index contributed by atoms with van der Waals surface area (Å²) in [6, 6.07) is 11.3. The van der Waals surface area contributed by atoms with E-state index < -0.39 is 0 Å². The lowest BCUT2D eigenvalue weighted by atomic mass is 10.1. The minimum atomic E-state index is -0.164. The van der Waals surface area contributed by atoms with Gasteiger partial charge in [-0.2, -0.15) is 0 Å². The van der Waals surface area contributed by atoms with E-state index in [1.54, 1.807) is 20.3 Å². The van der Waals surface area contributed by atoms with Gasteiger partial charge in [0.1, 0.15) is 11.5 Å². The monoisotopic (exact) mass is 350 g/mol. The summed E-state index contributed by atoms with van der Waals surface area (Å²) < 4.78 is 12.2. The molecule has 1 aromatic heterocycles. The average Bonchev–Trinajstić information content (AvgIpc) is 2.92. The van der Waals surface area contributed by atoms with Crippen molar-refractivity contribution in [2.45, 2.75) is 13.8 Å². The fraction of sp³-hybridized carbons (Fsp3) is 0.190. The Labute approximate surface area is 151 Å². The van der Waals surface area contributed by atoms with Gasteiger partial charge in [-0.15, -0.1) is 0 Å². The first kappa shape index (κ1) is 17.6. The molecule has 0 radical (unpaired) electrons. The van der Waals surface area contributed by atoms with E-state index in [4.69, 9.17) is 9.47 Å². The van der Waals surface area contributed by atoms with Crippen molar-refractivity contribution in [3.8, 4) is 17.2 Å². The van der Waals surface area contributed by atoms with Gasteiger partial charge < -0.3 is 9.47 Å². The molecule has 1 heterocycles. The molecule has 0 spiro atoms. The largest absolute Gasteiger partial charge is 0.497 e. The molecule has 0 aliphatic rings. The second kappa shape index (κ2) is 6.96. The lowest BCUT2D eigenvalue weighted by Crippen LogP contribution is -2.34. The van der Waals surface area contributed by atoms with Crippen LogP contribution in [0.25, 0.3) is 18.3 Å². The van der Waals surface area contributed by atoms with Crippen molar-refractivity contribution in [3.05, 3.63) is 74.0 Å². The first-order chi connectivity index (χ1) is 12.4. The highest BCUT2D eigenvalue weighted by atomic mass is 16.5. The normalized spacial score (nSPS) is 11.6. The van der Waals surface area contributed by atoms with Crippen molar-refractivity contribution >= 4 is 12.7 Å². The van der Waals surface area contributed by atoms with Gasteiger partial charge >= 0.3 is 0 Å². The van der Waals surface area contributed by atoms with Crippen LogP contribution < -0.4 is 25.6 Å². The summed E-state index contributed by atoms with van der Waals surface area (Å²) in [4.78, 5) is 12.9. The highest BCUT2D eigenvalue weighted by molar-refractivity contribution is 5.59. The summed E-state index contributed by atoms with van der Waals surface area (Å²) in [6.45, 7) is 8.04. The van der Waals surface area contributed by atoms with Crippen LogP contribution in [-0.2, 0) is 0 Å². The number of aryl methyl sites for hydroxylation is 2. The third kappa shape index (κ3) is 3.16. The molecule has 3 rings (SSSR count). The second-order valence-electron chi connectivity index (χ2n) is 6.17. The topological polar surface area (TPSA) is 56.2 Å². The molecule has 0 atom stereocenters. The Morgan fingerprint density at radius 2 is 1.81 bits per heavy atom. The van der Waals surface area contributed by atoms with Gasteiger partial charge in [0.05, 0.1) is 30.5 Å². The first-order valence-electron chi connectivity index (χ1n) is 8.26. The Hall–Kier alpha value is -3.21. The molecule has 26 heavy (non-hydrogen) atoms. The maximum Gasteiger partial charge on any atom is 0.279 e. The average molecular weight is 350 g/mol. The molecule has 5 heteroatoms. The molecular weight excluding hydrogens is 328 g/mol. The third-order valence-electron chi connectivity index (χ3n) is 4.49. The molecule has 0 saturated heterocycles. The quantitative estimate of drug-likeness (QED) is 0.783. The molecular formula is C21H22N2O3. The molecule has 3 aromatic rings. The Morgan fingerprint density at radius 3 is 2.46 bits per heavy atom. The summed E-state index contributed by atoms with van der Waals surface area (Å²) in [5.41, 5.74) is 3.66. The van der Waals surface area contributed by atoms with E-state index in [1.165, 1.54) is 10.2 Å². The van der Waals surface area contributed by atoms with Crippen LogP contribution in [-0.4, -0.2) is 24.0 Å². The summed E-state index contributed by atoms with van der Waals surface area (Å²) >= 11 is 0. The SMILES string of the molecule is C=c1[nH]n(-c2ccc(C)c(C)c2)c(=O)/c1=C/c1cc(OC)ccc1OC. The summed E-state index contributed by atoms with van der Waals surface area (Å²) in [6.07, 6.45) is 1.76. The third-order valence-corrected chi connectivity index (χ3v) is 4.49. The van der Waals surface area contributed by atoms with Gasteiger partial charge in [0.15, 0.2) is 0 Å². The molecule has 0 bridgehead atoms. The molecule has 0 aliphatic carbocycles. The van der Waals surface area contributed by atoms with E-state index >= 15 is 0 Å². The number of methoxy groups -OCH3 is 2. The van der Waals surface area contributed by atoms with E-state index in [2.05, 4.69) is 11.7 Å². The zero-order valence-corrected chi connectivity index (χ0v) is 15.4. The minimum absolute atomic E-state index is 0.164. The van der Waals surface area contributed by atoms with Crippen LogP contribution in [0.2, 0.25) is 0 Å². The predicted octanol–water partition coefficient (Wildman–Crippen LogP) is 2.04. The van der Waals surface area contributed by atoms with Crippen molar-refractivity contribution in [1.29, 1.82) is 0 Å². The highest BCUT2D eigenvalue weighted by Gasteiger charge is 2.08. The summed E-state index contributed by atoms with van der Waals surface area (Å²) in [5.74, 6) is 1.34. The fourth-order valence-electron chi connectivity index (χ4n) is 2.80. The number of ether oxygens (including phenoxy) is 2. The lowest BCUT2D eigenvalue weighted by Gasteiger charge is -2.06. The molecule has 5 nitrogen and oxygen atoms in total.